The van der Waals surface area contributed by atoms with Crippen LogP contribution in [-0.4, -0.2) is 47.6 Å². The van der Waals surface area contributed by atoms with Crippen LogP contribution in [0.1, 0.15) is 29.3 Å². The predicted octanol–water partition coefficient (Wildman–Crippen LogP) is 4.65. The first-order valence-corrected chi connectivity index (χ1v) is 9.66. The van der Waals surface area contributed by atoms with Crippen molar-refractivity contribution in [1.29, 1.82) is 0 Å². The third-order valence-corrected chi connectivity index (χ3v) is 5.44. The number of hydrogen-bond donors (Lipinski definition) is 0. The van der Waals surface area contributed by atoms with Gasteiger partial charge in [0, 0.05) is 55.9 Å². The van der Waals surface area contributed by atoms with Crippen LogP contribution in [0.2, 0.25) is 0 Å². The van der Waals surface area contributed by atoms with Crippen LogP contribution in [0.25, 0.3) is 11.3 Å². The first kappa shape index (κ1) is 19.2. The molecule has 3 heteroatoms. The van der Waals surface area contributed by atoms with Gasteiger partial charge in [-0.1, -0.05) is 49.1 Å². The van der Waals surface area contributed by atoms with Crippen molar-refractivity contribution < 1.29 is 0 Å². The van der Waals surface area contributed by atoms with Crippen LogP contribution in [0, 0.1) is 6.92 Å². The smallest absolute Gasteiger partial charge is 0.0472 e. The van der Waals surface area contributed by atoms with Crippen molar-refractivity contribution in [3.05, 3.63) is 84.2 Å². The van der Waals surface area contributed by atoms with E-state index in [0.29, 0.717) is 0 Å². The minimum atomic E-state index is 0.881. The van der Waals surface area contributed by atoms with Gasteiger partial charge >= 0.3 is 0 Å². The second-order valence-electron chi connectivity index (χ2n) is 7.50. The number of piperazine rings is 1. The lowest BCUT2D eigenvalue weighted by atomic mass is 10.1. The van der Waals surface area contributed by atoms with Crippen LogP contribution >= 0.6 is 0 Å². The highest BCUT2D eigenvalue weighted by atomic mass is 15.3. The summed E-state index contributed by atoms with van der Waals surface area (Å²) in [6, 6.07) is 11.0. The van der Waals surface area contributed by atoms with E-state index in [1.807, 2.05) is 13.0 Å². The number of hydrogen-bond acceptors (Lipinski definition) is 2. The summed E-state index contributed by atoms with van der Waals surface area (Å²) in [4.78, 5) is 4.87. The summed E-state index contributed by atoms with van der Waals surface area (Å²) in [6.07, 6.45) is 6.25. The molecule has 3 rings (SSSR count). The van der Waals surface area contributed by atoms with Gasteiger partial charge < -0.3 is 14.4 Å². The number of likely N-dealkylation sites (N-methyl/N-ethyl adjacent to an activating group) is 1. The van der Waals surface area contributed by atoms with E-state index in [1.165, 1.54) is 28.1 Å². The molecule has 0 spiro atoms. The molecule has 142 valence electrons. The van der Waals surface area contributed by atoms with E-state index in [1.54, 1.807) is 0 Å². The molecule has 0 amide bonds. The maximum Gasteiger partial charge on any atom is 0.0472 e. The van der Waals surface area contributed by atoms with Crippen LogP contribution < -0.4 is 0 Å². The van der Waals surface area contributed by atoms with Gasteiger partial charge in [0.25, 0.3) is 0 Å². The highest BCUT2D eigenvalue weighted by Crippen LogP contribution is 2.26. The van der Waals surface area contributed by atoms with E-state index < -0.39 is 0 Å². The standard InChI is InChI=1S/C24H31N3/c1-6-7-24(26-16-14-25(5)15-17-26)23-12-13-27(20(23)4)18-21-8-10-22(11-9-21)19(2)3/h6-13H,1-2,14-18H2,3-5H3/b24-7+. The maximum absolute atomic E-state index is 4.02. The fourth-order valence-corrected chi connectivity index (χ4v) is 3.61. The van der Waals surface area contributed by atoms with Crippen LogP contribution in [0.3, 0.4) is 0 Å². The normalized spacial score (nSPS) is 15.8. The van der Waals surface area contributed by atoms with Gasteiger partial charge in [-0.3, -0.25) is 0 Å². The van der Waals surface area contributed by atoms with Crippen LogP contribution in [0.4, 0.5) is 0 Å². The van der Waals surface area contributed by atoms with Gasteiger partial charge in [0.15, 0.2) is 0 Å². The van der Waals surface area contributed by atoms with E-state index in [4.69, 9.17) is 0 Å². The van der Waals surface area contributed by atoms with Crippen molar-refractivity contribution in [3.8, 4) is 0 Å². The number of rotatable bonds is 6. The van der Waals surface area contributed by atoms with Crippen molar-refractivity contribution >= 4 is 11.3 Å². The molecule has 1 saturated heterocycles. The summed E-state index contributed by atoms with van der Waals surface area (Å²) in [7, 11) is 2.19. The summed E-state index contributed by atoms with van der Waals surface area (Å²) in [6.45, 7) is 17.4. The SMILES string of the molecule is C=C/C=C(\c1ccn(Cc2ccc(C(=C)C)cc2)c1C)N1CCN(C)CC1. The quantitative estimate of drug-likeness (QED) is 0.694. The summed E-state index contributed by atoms with van der Waals surface area (Å²) in [5.41, 5.74) is 7.50. The van der Waals surface area contributed by atoms with Gasteiger partial charge in [-0.25, -0.2) is 0 Å². The number of nitrogens with zero attached hydrogens (tertiary/aromatic N) is 3. The summed E-state index contributed by atoms with van der Waals surface area (Å²) in [5, 5.41) is 0. The number of benzene rings is 1. The molecule has 0 aliphatic carbocycles. The van der Waals surface area contributed by atoms with Gasteiger partial charge in [0.05, 0.1) is 0 Å². The van der Waals surface area contributed by atoms with Gasteiger partial charge in [0.1, 0.15) is 0 Å². The molecule has 0 N–H and O–H groups in total. The molecule has 1 fully saturated rings. The molecule has 0 saturated carbocycles. The monoisotopic (exact) mass is 361 g/mol. The average molecular weight is 362 g/mol. The second kappa shape index (κ2) is 8.45. The minimum Gasteiger partial charge on any atom is -0.368 e. The molecule has 0 radical (unpaired) electrons. The Morgan fingerprint density at radius 1 is 1.07 bits per heavy atom. The second-order valence-corrected chi connectivity index (χ2v) is 7.50. The summed E-state index contributed by atoms with van der Waals surface area (Å²) in [5.74, 6) is 0. The molecule has 1 aromatic carbocycles. The van der Waals surface area contributed by atoms with E-state index in [-0.39, 0.29) is 0 Å². The van der Waals surface area contributed by atoms with Crippen molar-refractivity contribution in [3.63, 3.8) is 0 Å². The predicted molar refractivity (Wildman–Crippen MR) is 117 cm³/mol. The topological polar surface area (TPSA) is 11.4 Å². The van der Waals surface area contributed by atoms with E-state index in [2.05, 4.69) is 84.1 Å². The molecule has 27 heavy (non-hydrogen) atoms. The van der Waals surface area contributed by atoms with Gasteiger partial charge in [0.2, 0.25) is 0 Å². The molecule has 0 atom stereocenters. The van der Waals surface area contributed by atoms with E-state index in [9.17, 15) is 0 Å². The molecule has 0 bridgehead atoms. The number of aromatic nitrogens is 1. The largest absolute Gasteiger partial charge is 0.368 e. The molecule has 1 aliphatic heterocycles. The van der Waals surface area contributed by atoms with E-state index >= 15 is 0 Å². The van der Waals surface area contributed by atoms with Crippen LogP contribution in [0.5, 0.6) is 0 Å². The Bertz CT molecular complexity index is 831. The molecule has 0 unspecified atom stereocenters. The Labute approximate surface area is 163 Å². The Morgan fingerprint density at radius 2 is 1.74 bits per heavy atom. The Morgan fingerprint density at radius 3 is 2.33 bits per heavy atom. The lowest BCUT2D eigenvalue weighted by molar-refractivity contribution is 0.207. The Balaban J connectivity index is 1.81. The third-order valence-electron chi connectivity index (χ3n) is 5.44. The van der Waals surface area contributed by atoms with Crippen LogP contribution in [0.15, 0.2) is 61.8 Å². The van der Waals surface area contributed by atoms with Crippen molar-refractivity contribution in [1.82, 2.24) is 14.4 Å². The molecular formula is C24H31N3. The zero-order chi connectivity index (χ0) is 19.4. The molecule has 3 nitrogen and oxygen atoms in total. The lowest BCUT2D eigenvalue weighted by Gasteiger charge is -2.35. The van der Waals surface area contributed by atoms with E-state index in [0.717, 1.165) is 38.3 Å². The summed E-state index contributed by atoms with van der Waals surface area (Å²) >= 11 is 0. The fourth-order valence-electron chi connectivity index (χ4n) is 3.61. The van der Waals surface area contributed by atoms with Gasteiger partial charge in [-0.2, -0.15) is 0 Å². The minimum absolute atomic E-state index is 0.881. The molecule has 1 aromatic heterocycles. The van der Waals surface area contributed by atoms with Gasteiger partial charge in [-0.15, -0.1) is 0 Å². The summed E-state index contributed by atoms with van der Waals surface area (Å²) < 4.78 is 2.33. The maximum atomic E-state index is 4.02. The van der Waals surface area contributed by atoms with Crippen molar-refractivity contribution in [2.24, 2.45) is 0 Å². The lowest BCUT2D eigenvalue weighted by Crippen LogP contribution is -2.43. The fraction of sp³-hybridized carbons (Fsp3) is 0.333. The first-order valence-electron chi connectivity index (χ1n) is 9.66. The average Bonchev–Trinajstić information content (AvgIpc) is 3.01. The number of allylic oxidation sites excluding steroid dienone is 3. The highest BCUT2D eigenvalue weighted by Gasteiger charge is 2.19. The van der Waals surface area contributed by atoms with Crippen molar-refractivity contribution in [2.45, 2.75) is 20.4 Å². The Hall–Kier alpha value is -2.52. The van der Waals surface area contributed by atoms with Crippen LogP contribution in [-0.2, 0) is 6.54 Å². The molecule has 2 heterocycles. The highest BCUT2D eigenvalue weighted by molar-refractivity contribution is 5.68. The van der Waals surface area contributed by atoms with Crippen molar-refractivity contribution in [2.75, 3.05) is 33.2 Å². The molecular weight excluding hydrogens is 330 g/mol. The van der Waals surface area contributed by atoms with Gasteiger partial charge in [-0.05, 0) is 44.2 Å². The first-order chi connectivity index (χ1) is 13.0. The zero-order valence-corrected chi connectivity index (χ0v) is 16.9. The Kier molecular flexibility index (Phi) is 6.02. The molecule has 1 aliphatic rings. The molecule has 2 aromatic rings. The third kappa shape index (κ3) is 4.42. The zero-order valence-electron chi connectivity index (χ0n) is 16.9.